The average molecular weight is 435 g/mol. The summed E-state index contributed by atoms with van der Waals surface area (Å²) in [6, 6.07) is 15.8. The molecule has 0 amide bonds. The molecule has 158 valence electrons. The van der Waals surface area contributed by atoms with Gasteiger partial charge in [0.05, 0.1) is 18.4 Å². The Kier molecular flexibility index (Phi) is 7.11. The minimum absolute atomic E-state index is 0.181. The number of thioether (sulfide) groups is 1. The highest BCUT2D eigenvalue weighted by molar-refractivity contribution is 7.99. The number of aromatic carboxylic acids is 1. The Balaban J connectivity index is 2.05. The molecule has 0 saturated carbocycles. The van der Waals surface area contributed by atoms with Crippen molar-refractivity contribution in [2.24, 2.45) is 5.92 Å². The number of anilines is 2. The third kappa shape index (κ3) is 5.53. The maximum absolute atomic E-state index is 11.1. The molecule has 1 aromatic heterocycles. The van der Waals surface area contributed by atoms with Gasteiger partial charge >= 0.3 is 5.97 Å². The zero-order valence-electron chi connectivity index (χ0n) is 17.4. The Labute approximate surface area is 185 Å². The van der Waals surface area contributed by atoms with E-state index < -0.39 is 5.97 Å². The maximum Gasteiger partial charge on any atom is 0.335 e. The van der Waals surface area contributed by atoms with Gasteiger partial charge < -0.3 is 15.2 Å². The summed E-state index contributed by atoms with van der Waals surface area (Å²) in [7, 11) is 1.60. The molecule has 8 heteroatoms. The summed E-state index contributed by atoms with van der Waals surface area (Å²) in [5.74, 6) is 1.37. The van der Waals surface area contributed by atoms with Crippen LogP contribution in [0.25, 0.3) is 11.3 Å². The molecule has 0 saturated heterocycles. The molecular formula is C23H22N4O3S. The van der Waals surface area contributed by atoms with Crippen LogP contribution in [0.15, 0.2) is 53.7 Å². The summed E-state index contributed by atoms with van der Waals surface area (Å²) in [4.78, 5) is 20.3. The topological polar surface area (TPSA) is 108 Å². The number of rotatable bonds is 8. The number of nitrogens with zero attached hydrogens (tertiary/aromatic N) is 3. The second kappa shape index (κ2) is 9.96. The Morgan fingerprint density at radius 3 is 2.39 bits per heavy atom. The molecule has 0 unspecified atom stereocenters. The minimum atomic E-state index is -1.000. The third-order valence-electron chi connectivity index (χ3n) is 4.30. The highest BCUT2D eigenvalue weighted by Crippen LogP contribution is 2.32. The van der Waals surface area contributed by atoms with Crippen LogP contribution in [-0.2, 0) is 0 Å². The van der Waals surface area contributed by atoms with Crippen LogP contribution in [-0.4, -0.2) is 33.9 Å². The highest BCUT2D eigenvalue weighted by atomic mass is 32.2. The van der Waals surface area contributed by atoms with E-state index in [1.807, 2.05) is 24.3 Å². The van der Waals surface area contributed by atoms with E-state index in [4.69, 9.17) is 9.84 Å². The second-order valence-corrected chi connectivity index (χ2v) is 8.12. The van der Waals surface area contributed by atoms with Crippen LogP contribution < -0.4 is 10.1 Å². The van der Waals surface area contributed by atoms with Crippen molar-refractivity contribution in [1.82, 2.24) is 9.97 Å². The molecule has 0 aliphatic rings. The number of carboxylic acids is 1. The first-order valence-electron chi connectivity index (χ1n) is 9.61. The minimum Gasteiger partial charge on any atom is -0.497 e. The largest absolute Gasteiger partial charge is 0.497 e. The zero-order valence-corrected chi connectivity index (χ0v) is 18.2. The van der Waals surface area contributed by atoms with E-state index >= 15 is 0 Å². The summed E-state index contributed by atoms with van der Waals surface area (Å²) >= 11 is 1.52. The lowest BCUT2D eigenvalue weighted by molar-refractivity contribution is 0.0697. The first kappa shape index (κ1) is 22.1. The molecule has 31 heavy (non-hydrogen) atoms. The lowest BCUT2D eigenvalue weighted by Crippen LogP contribution is -2.05. The number of aromatic nitrogens is 2. The molecule has 2 aromatic carbocycles. The Bertz CT molecular complexity index is 1110. The van der Waals surface area contributed by atoms with Crippen molar-refractivity contribution in [1.29, 1.82) is 5.26 Å². The first-order valence-corrected chi connectivity index (χ1v) is 10.6. The van der Waals surface area contributed by atoms with Crippen molar-refractivity contribution in [3.05, 3.63) is 59.7 Å². The lowest BCUT2D eigenvalue weighted by atomic mass is 10.1. The van der Waals surface area contributed by atoms with Crippen LogP contribution in [0.1, 0.15) is 29.8 Å². The molecule has 0 atom stereocenters. The number of methoxy groups -OCH3 is 1. The summed E-state index contributed by atoms with van der Waals surface area (Å²) in [6.07, 6.45) is 0. The van der Waals surface area contributed by atoms with Gasteiger partial charge in [0.15, 0.2) is 11.0 Å². The van der Waals surface area contributed by atoms with E-state index in [1.54, 1.807) is 19.2 Å². The van der Waals surface area contributed by atoms with Crippen LogP contribution in [0.3, 0.4) is 0 Å². The van der Waals surface area contributed by atoms with E-state index in [1.165, 1.54) is 23.9 Å². The van der Waals surface area contributed by atoms with Crippen molar-refractivity contribution in [2.75, 3.05) is 18.2 Å². The van der Waals surface area contributed by atoms with Gasteiger partial charge in [0.1, 0.15) is 17.4 Å². The predicted molar refractivity (Wildman–Crippen MR) is 121 cm³/mol. The van der Waals surface area contributed by atoms with Gasteiger partial charge in [-0.05, 0) is 54.4 Å². The molecule has 0 spiro atoms. The molecule has 2 N–H and O–H groups in total. The summed E-state index contributed by atoms with van der Waals surface area (Å²) in [5, 5.41) is 22.7. The van der Waals surface area contributed by atoms with Crippen LogP contribution in [0, 0.1) is 17.2 Å². The molecule has 0 radical (unpaired) electrons. The van der Waals surface area contributed by atoms with E-state index in [0.717, 1.165) is 11.3 Å². The smallest absolute Gasteiger partial charge is 0.335 e. The van der Waals surface area contributed by atoms with E-state index in [9.17, 15) is 10.1 Å². The third-order valence-corrected chi connectivity index (χ3v) is 5.58. The van der Waals surface area contributed by atoms with Crippen molar-refractivity contribution < 1.29 is 14.6 Å². The average Bonchev–Trinajstić information content (AvgIpc) is 2.77. The fraction of sp³-hybridized carbons (Fsp3) is 0.217. The molecule has 1 heterocycles. The number of carbonyl (C=O) groups is 1. The van der Waals surface area contributed by atoms with E-state index in [0.29, 0.717) is 39.6 Å². The number of nitriles is 1. The van der Waals surface area contributed by atoms with Gasteiger partial charge in [-0.1, -0.05) is 25.6 Å². The predicted octanol–water partition coefficient (Wildman–Crippen LogP) is 5.21. The molecule has 7 nitrogen and oxygen atoms in total. The zero-order chi connectivity index (χ0) is 22.4. The number of carboxylic acid groups (broad SMARTS) is 1. The van der Waals surface area contributed by atoms with Gasteiger partial charge in [-0.15, -0.1) is 0 Å². The van der Waals surface area contributed by atoms with Crippen LogP contribution in [0.5, 0.6) is 5.75 Å². The second-order valence-electron chi connectivity index (χ2n) is 7.13. The summed E-state index contributed by atoms with van der Waals surface area (Å²) in [6.45, 7) is 4.23. The first-order chi connectivity index (χ1) is 14.9. The van der Waals surface area contributed by atoms with Crippen LogP contribution in [0.4, 0.5) is 11.5 Å². The van der Waals surface area contributed by atoms with Crippen molar-refractivity contribution in [2.45, 2.75) is 19.0 Å². The molecule has 3 aromatic rings. The Morgan fingerprint density at radius 1 is 1.16 bits per heavy atom. The summed E-state index contributed by atoms with van der Waals surface area (Å²) in [5.41, 5.74) is 2.41. The van der Waals surface area contributed by atoms with Crippen LogP contribution >= 0.6 is 11.8 Å². The standard InChI is InChI=1S/C23H22N4O3S/c1-14(2)13-31-23-26-20(15-6-10-18(30-3)11-7-15)19(12-24)21(27-23)25-17-8-4-16(5-9-17)22(28)29/h4-11,14H,13H2,1-3H3,(H,28,29)(H,25,26,27). The van der Waals surface area contributed by atoms with Gasteiger partial charge in [-0.2, -0.15) is 5.26 Å². The molecule has 0 fully saturated rings. The number of benzene rings is 2. The SMILES string of the molecule is COc1ccc(-c2nc(SCC(C)C)nc(Nc3ccc(C(=O)O)cc3)c2C#N)cc1. The van der Waals surface area contributed by atoms with Crippen molar-refractivity contribution in [3.63, 3.8) is 0 Å². The monoisotopic (exact) mass is 434 g/mol. The lowest BCUT2D eigenvalue weighted by Gasteiger charge is -2.14. The maximum atomic E-state index is 11.1. The normalized spacial score (nSPS) is 10.5. The Morgan fingerprint density at radius 2 is 1.84 bits per heavy atom. The molecule has 0 aliphatic heterocycles. The van der Waals surface area contributed by atoms with Gasteiger partial charge in [0.25, 0.3) is 0 Å². The molecule has 0 aliphatic carbocycles. The number of ether oxygens (including phenoxy) is 1. The number of hydrogen-bond acceptors (Lipinski definition) is 7. The molecule has 0 bridgehead atoms. The number of nitrogens with one attached hydrogen (secondary N) is 1. The van der Waals surface area contributed by atoms with Gasteiger partial charge in [-0.25, -0.2) is 14.8 Å². The Hall–Kier alpha value is -3.57. The fourth-order valence-corrected chi connectivity index (χ4v) is 3.53. The highest BCUT2D eigenvalue weighted by Gasteiger charge is 2.17. The van der Waals surface area contributed by atoms with Gasteiger partial charge in [-0.3, -0.25) is 0 Å². The van der Waals surface area contributed by atoms with Gasteiger partial charge in [0, 0.05) is 17.0 Å². The fourth-order valence-electron chi connectivity index (χ4n) is 2.73. The quantitative estimate of drug-likeness (QED) is 0.367. The molecular weight excluding hydrogens is 412 g/mol. The van der Waals surface area contributed by atoms with Gasteiger partial charge in [0.2, 0.25) is 0 Å². The van der Waals surface area contributed by atoms with E-state index in [2.05, 4.69) is 35.2 Å². The number of hydrogen-bond donors (Lipinski definition) is 2. The van der Waals surface area contributed by atoms with Crippen molar-refractivity contribution >= 4 is 29.2 Å². The molecule has 3 rings (SSSR count). The van der Waals surface area contributed by atoms with Crippen molar-refractivity contribution in [3.8, 4) is 23.1 Å². The van der Waals surface area contributed by atoms with Crippen LogP contribution in [0.2, 0.25) is 0 Å². The summed E-state index contributed by atoms with van der Waals surface area (Å²) < 4.78 is 5.22. The van der Waals surface area contributed by atoms with E-state index in [-0.39, 0.29) is 5.56 Å².